The van der Waals surface area contributed by atoms with Crippen LogP contribution in [0.4, 0.5) is 4.79 Å². The first-order chi connectivity index (χ1) is 12.1. The first-order valence-electron chi connectivity index (χ1n) is 10.5. The maximum absolute atomic E-state index is 13.1. The number of hydrogen-bond acceptors (Lipinski definition) is 2. The van der Waals surface area contributed by atoms with Gasteiger partial charge in [-0.05, 0) is 32.0 Å². The Balaban J connectivity index is 3.63. The molecule has 0 fully saturated rings. The highest BCUT2D eigenvalue weighted by molar-refractivity contribution is 6.94. The molecule has 0 spiro atoms. The second-order valence-electron chi connectivity index (χ2n) is 8.65. The third kappa shape index (κ3) is 4.53. The first-order valence-corrected chi connectivity index (χ1v) is 15.8. The minimum atomic E-state index is -1.69. The highest BCUT2D eigenvalue weighted by Crippen LogP contribution is 2.24. The third-order valence-electron chi connectivity index (χ3n) is 6.63. The Morgan fingerprint density at radius 1 is 0.885 bits per heavy atom. The lowest BCUT2D eigenvalue weighted by atomic mass is 10.2. The zero-order valence-electron chi connectivity index (χ0n) is 18.7. The van der Waals surface area contributed by atoms with Crippen molar-refractivity contribution in [3.63, 3.8) is 0 Å². The summed E-state index contributed by atoms with van der Waals surface area (Å²) in [4.78, 5) is 13.1. The van der Waals surface area contributed by atoms with E-state index in [4.69, 9.17) is 4.74 Å². The molecule has 0 saturated carbocycles. The monoisotopic (exact) mass is 395 g/mol. The van der Waals surface area contributed by atoms with Gasteiger partial charge >= 0.3 is 6.09 Å². The van der Waals surface area contributed by atoms with Gasteiger partial charge in [-0.2, -0.15) is 0 Å². The van der Waals surface area contributed by atoms with E-state index in [9.17, 15) is 4.79 Å². The number of nitrogens with zero attached hydrogens (tertiary/aromatic N) is 1. The van der Waals surface area contributed by atoms with Gasteiger partial charge in [-0.25, -0.2) is 4.79 Å². The van der Waals surface area contributed by atoms with Crippen LogP contribution >= 0.6 is 0 Å². The molecule has 5 heteroatoms. The summed E-state index contributed by atoms with van der Waals surface area (Å²) >= 11 is 0. The quantitative estimate of drug-likeness (QED) is 0.528. The fourth-order valence-electron chi connectivity index (χ4n) is 4.28. The average molecular weight is 396 g/mol. The van der Waals surface area contributed by atoms with Crippen molar-refractivity contribution in [3.8, 4) is 0 Å². The van der Waals surface area contributed by atoms with Gasteiger partial charge in [0.05, 0.1) is 8.07 Å². The minimum Gasteiger partial charge on any atom is -0.443 e. The Morgan fingerprint density at radius 3 is 1.65 bits per heavy atom. The normalized spacial score (nSPS) is 13.1. The summed E-state index contributed by atoms with van der Waals surface area (Å²) in [5, 5.41) is 2.75. The standard InChI is InChI=1S/C21H41NO2Si2/c1-10-25(11-2,12-3)18-16-19(26(13-4,14-5)15-6)22(17-18)20(23)24-21(7,8)9/h16-17H,10-15H2,1-9H3. The summed E-state index contributed by atoms with van der Waals surface area (Å²) in [5.41, 5.74) is -0.470. The van der Waals surface area contributed by atoms with E-state index in [1.807, 2.05) is 25.3 Å². The SMILES string of the molecule is CC[Si](CC)(CC)c1cc([Si](CC)(CC)CC)n(C(=O)OC(C)(C)C)c1. The van der Waals surface area contributed by atoms with Crippen molar-refractivity contribution in [2.45, 2.75) is 104 Å². The van der Waals surface area contributed by atoms with E-state index < -0.39 is 21.7 Å². The molecular weight excluding hydrogens is 354 g/mol. The number of aromatic nitrogens is 1. The molecule has 1 aromatic heterocycles. The second-order valence-corrected chi connectivity index (χ2v) is 19.1. The van der Waals surface area contributed by atoms with E-state index in [0.717, 1.165) is 0 Å². The van der Waals surface area contributed by atoms with Gasteiger partial charge < -0.3 is 4.74 Å². The van der Waals surface area contributed by atoms with Gasteiger partial charge in [-0.1, -0.05) is 77.8 Å². The molecular formula is C21H41NO2Si2. The van der Waals surface area contributed by atoms with Crippen LogP contribution in [0.5, 0.6) is 0 Å². The summed E-state index contributed by atoms with van der Waals surface area (Å²) in [6, 6.07) is 9.64. The smallest absolute Gasteiger partial charge is 0.418 e. The topological polar surface area (TPSA) is 31.2 Å². The van der Waals surface area contributed by atoms with Crippen LogP contribution in [0.1, 0.15) is 62.3 Å². The molecule has 26 heavy (non-hydrogen) atoms. The first kappa shape index (κ1) is 23.2. The van der Waals surface area contributed by atoms with E-state index in [1.54, 1.807) is 0 Å². The van der Waals surface area contributed by atoms with E-state index in [2.05, 4.69) is 53.8 Å². The van der Waals surface area contributed by atoms with Gasteiger partial charge in [-0.3, -0.25) is 4.57 Å². The number of hydrogen-bond donors (Lipinski definition) is 0. The van der Waals surface area contributed by atoms with Gasteiger partial charge in [0, 0.05) is 11.5 Å². The molecule has 0 aromatic carbocycles. The second kappa shape index (κ2) is 8.92. The van der Waals surface area contributed by atoms with Crippen LogP contribution in [0.15, 0.2) is 12.3 Å². The molecule has 0 N–H and O–H groups in total. The lowest BCUT2D eigenvalue weighted by Gasteiger charge is -2.30. The van der Waals surface area contributed by atoms with Gasteiger partial charge in [-0.15, -0.1) is 0 Å². The van der Waals surface area contributed by atoms with Crippen LogP contribution in [0.25, 0.3) is 0 Å². The van der Waals surface area contributed by atoms with Gasteiger partial charge in [0.1, 0.15) is 13.7 Å². The minimum absolute atomic E-state index is 0.197. The van der Waals surface area contributed by atoms with Crippen molar-refractivity contribution in [2.24, 2.45) is 0 Å². The molecule has 0 radical (unpaired) electrons. The number of ether oxygens (including phenoxy) is 1. The van der Waals surface area contributed by atoms with Crippen LogP contribution in [0.2, 0.25) is 36.3 Å². The molecule has 0 atom stereocenters. The Labute approximate surface area is 163 Å². The number of carbonyl (C=O) groups is 1. The van der Waals surface area contributed by atoms with Crippen LogP contribution in [0, 0.1) is 0 Å². The predicted molar refractivity (Wildman–Crippen MR) is 120 cm³/mol. The Kier molecular flexibility index (Phi) is 7.96. The largest absolute Gasteiger partial charge is 0.443 e. The predicted octanol–water partition coefficient (Wildman–Crippen LogP) is 5.70. The van der Waals surface area contributed by atoms with Gasteiger partial charge in [0.2, 0.25) is 0 Å². The molecule has 150 valence electrons. The van der Waals surface area contributed by atoms with Crippen molar-refractivity contribution in [2.75, 3.05) is 0 Å². The lowest BCUT2D eigenvalue weighted by molar-refractivity contribution is 0.0542. The molecule has 3 nitrogen and oxygen atoms in total. The summed E-state index contributed by atoms with van der Waals surface area (Å²) in [6.45, 7) is 19.7. The van der Waals surface area contributed by atoms with E-state index in [-0.39, 0.29) is 6.09 Å². The average Bonchev–Trinajstić information content (AvgIpc) is 3.04. The maximum Gasteiger partial charge on any atom is 0.418 e. The van der Waals surface area contributed by atoms with Crippen molar-refractivity contribution in [1.29, 1.82) is 0 Å². The molecule has 1 aromatic rings. The van der Waals surface area contributed by atoms with E-state index in [1.165, 1.54) is 46.8 Å². The third-order valence-corrected chi connectivity index (χ3v) is 17.7. The van der Waals surface area contributed by atoms with E-state index in [0.29, 0.717) is 0 Å². The van der Waals surface area contributed by atoms with Crippen molar-refractivity contribution >= 4 is 32.7 Å². The lowest BCUT2D eigenvalue weighted by Crippen LogP contribution is -2.51. The molecule has 0 unspecified atom stereocenters. The van der Waals surface area contributed by atoms with Crippen molar-refractivity contribution < 1.29 is 9.53 Å². The Bertz CT molecular complexity index is 577. The fourth-order valence-corrected chi connectivity index (χ4v) is 11.7. The highest BCUT2D eigenvalue weighted by atomic mass is 28.3. The molecule has 1 heterocycles. The summed E-state index contributed by atoms with van der Waals surface area (Å²) in [7, 11) is -3.22. The van der Waals surface area contributed by atoms with Crippen LogP contribution in [-0.2, 0) is 4.74 Å². The fraction of sp³-hybridized carbons (Fsp3) is 0.762. The molecule has 0 aliphatic heterocycles. The number of carbonyl (C=O) groups excluding carboxylic acids is 1. The van der Waals surface area contributed by atoms with Crippen LogP contribution in [-0.4, -0.2) is 32.4 Å². The van der Waals surface area contributed by atoms with Crippen LogP contribution in [0.3, 0.4) is 0 Å². The Morgan fingerprint density at radius 2 is 1.31 bits per heavy atom. The summed E-state index contributed by atoms with van der Waals surface area (Å²) in [6.07, 6.45) is 1.96. The van der Waals surface area contributed by atoms with E-state index >= 15 is 0 Å². The Hall–Kier alpha value is -0.816. The van der Waals surface area contributed by atoms with Crippen molar-refractivity contribution in [1.82, 2.24) is 4.57 Å². The zero-order valence-corrected chi connectivity index (χ0v) is 20.7. The molecule has 0 bridgehead atoms. The molecule has 0 aliphatic rings. The van der Waals surface area contributed by atoms with Crippen LogP contribution < -0.4 is 10.5 Å². The van der Waals surface area contributed by atoms with Gasteiger partial charge in [0.25, 0.3) is 0 Å². The molecule has 0 aliphatic carbocycles. The molecule has 0 amide bonds. The molecule has 1 rings (SSSR count). The summed E-state index contributed by atoms with van der Waals surface area (Å²) < 4.78 is 7.69. The number of rotatable bonds is 8. The van der Waals surface area contributed by atoms with Crippen molar-refractivity contribution in [3.05, 3.63) is 12.3 Å². The van der Waals surface area contributed by atoms with Gasteiger partial charge in [0.15, 0.2) is 0 Å². The zero-order chi connectivity index (χ0) is 20.2. The highest BCUT2D eigenvalue weighted by Gasteiger charge is 2.38. The molecule has 0 saturated heterocycles. The maximum atomic E-state index is 13.1. The summed E-state index contributed by atoms with van der Waals surface area (Å²) in [5.74, 6) is 0.